The molecule has 1 atom stereocenters. The van der Waals surface area contributed by atoms with Crippen molar-refractivity contribution in [3.8, 4) is 0 Å². The second-order valence-corrected chi connectivity index (χ2v) is 6.46. The average Bonchev–Trinajstić information content (AvgIpc) is 3.25. The second-order valence-electron chi connectivity index (χ2n) is 6.46. The van der Waals surface area contributed by atoms with Gasteiger partial charge in [-0.15, -0.1) is 15.3 Å². The van der Waals surface area contributed by atoms with Crippen molar-refractivity contribution in [3.05, 3.63) is 30.0 Å². The van der Waals surface area contributed by atoms with E-state index in [9.17, 15) is 4.79 Å². The first-order valence-corrected chi connectivity index (χ1v) is 8.52. The van der Waals surface area contributed by atoms with Crippen molar-refractivity contribution in [3.63, 3.8) is 0 Å². The third kappa shape index (κ3) is 2.61. The van der Waals surface area contributed by atoms with Gasteiger partial charge in [0.2, 0.25) is 0 Å². The number of carbonyl (C=O) groups is 1. The maximum Gasteiger partial charge on any atom is 0.323 e. The number of nitrogens with zero attached hydrogens (tertiary/aromatic N) is 6. The molecular formula is C16H21N7O. The highest BCUT2D eigenvalue weighted by atomic mass is 16.2. The zero-order valence-electron chi connectivity index (χ0n) is 13.7. The van der Waals surface area contributed by atoms with E-state index in [0.717, 1.165) is 18.2 Å². The third-order valence-electron chi connectivity index (χ3n) is 5.00. The number of hydrogen-bond acceptors (Lipinski definition) is 5. The maximum absolute atomic E-state index is 12.5. The predicted octanol–water partition coefficient (Wildman–Crippen LogP) is 2.33. The van der Waals surface area contributed by atoms with Crippen LogP contribution in [0.1, 0.15) is 56.2 Å². The monoisotopic (exact) mass is 327 g/mol. The Balaban J connectivity index is 1.51. The van der Waals surface area contributed by atoms with Crippen LogP contribution in [0.4, 0.5) is 10.6 Å². The summed E-state index contributed by atoms with van der Waals surface area (Å²) in [4.78, 5) is 14.3. The number of hydrogen-bond donors (Lipinski definition) is 1. The number of anilines is 1. The van der Waals surface area contributed by atoms with Crippen LogP contribution in [0, 0.1) is 0 Å². The summed E-state index contributed by atoms with van der Waals surface area (Å²) in [5.41, 5.74) is 0. The summed E-state index contributed by atoms with van der Waals surface area (Å²) in [5, 5.41) is 19.3. The van der Waals surface area contributed by atoms with Crippen LogP contribution in [0.25, 0.3) is 0 Å². The van der Waals surface area contributed by atoms with Crippen LogP contribution in [-0.4, -0.2) is 42.4 Å². The van der Waals surface area contributed by atoms with Gasteiger partial charge in [0, 0.05) is 25.2 Å². The lowest BCUT2D eigenvalue weighted by Gasteiger charge is -2.33. The molecule has 2 aliphatic rings. The molecule has 2 aromatic heterocycles. The Kier molecular flexibility index (Phi) is 3.87. The summed E-state index contributed by atoms with van der Waals surface area (Å²) in [5.74, 6) is 2.95. The highest BCUT2D eigenvalue weighted by molar-refractivity contribution is 5.88. The Bertz CT molecular complexity index is 723. The van der Waals surface area contributed by atoms with Crippen molar-refractivity contribution in [2.75, 3.05) is 11.9 Å². The minimum absolute atomic E-state index is 0.113. The molecule has 0 aromatic carbocycles. The van der Waals surface area contributed by atoms with Gasteiger partial charge in [-0.05, 0) is 31.9 Å². The van der Waals surface area contributed by atoms with E-state index in [1.165, 1.54) is 25.7 Å². The summed E-state index contributed by atoms with van der Waals surface area (Å²) in [6.07, 6.45) is 6.52. The van der Waals surface area contributed by atoms with E-state index in [1.807, 2.05) is 6.92 Å². The summed E-state index contributed by atoms with van der Waals surface area (Å²) < 4.78 is 2.22. The number of amides is 2. The van der Waals surface area contributed by atoms with Gasteiger partial charge in [0.05, 0.1) is 6.04 Å². The predicted molar refractivity (Wildman–Crippen MR) is 87.4 cm³/mol. The van der Waals surface area contributed by atoms with Crippen molar-refractivity contribution in [2.45, 2.75) is 51.1 Å². The van der Waals surface area contributed by atoms with Gasteiger partial charge in [-0.2, -0.15) is 5.10 Å². The van der Waals surface area contributed by atoms with Crippen molar-refractivity contribution >= 4 is 11.8 Å². The molecule has 0 spiro atoms. The van der Waals surface area contributed by atoms with Crippen LogP contribution in [0.15, 0.2) is 18.3 Å². The molecule has 1 unspecified atom stereocenters. The molecule has 1 saturated carbocycles. The van der Waals surface area contributed by atoms with Crippen LogP contribution in [0.5, 0.6) is 0 Å². The Morgan fingerprint density at radius 1 is 1.17 bits per heavy atom. The lowest BCUT2D eigenvalue weighted by atomic mass is 10.1. The number of urea groups is 1. The molecule has 8 heteroatoms. The van der Waals surface area contributed by atoms with Crippen LogP contribution in [0.3, 0.4) is 0 Å². The van der Waals surface area contributed by atoms with Crippen molar-refractivity contribution in [1.29, 1.82) is 0 Å². The largest absolute Gasteiger partial charge is 0.323 e. The fraction of sp³-hybridized carbons (Fsp3) is 0.562. The normalized spacial score (nSPS) is 20.9. The zero-order chi connectivity index (χ0) is 16.5. The van der Waals surface area contributed by atoms with Gasteiger partial charge in [-0.3, -0.25) is 5.32 Å². The number of nitrogens with one attached hydrogen (secondary N) is 1. The first kappa shape index (κ1) is 15.0. The van der Waals surface area contributed by atoms with E-state index >= 15 is 0 Å². The molecule has 1 N–H and O–H groups in total. The smallest absolute Gasteiger partial charge is 0.313 e. The minimum atomic E-state index is -0.181. The molecule has 2 aromatic rings. The average molecular weight is 327 g/mol. The van der Waals surface area contributed by atoms with E-state index in [1.54, 1.807) is 23.2 Å². The van der Waals surface area contributed by atoms with Gasteiger partial charge in [0.1, 0.15) is 5.82 Å². The summed E-state index contributed by atoms with van der Waals surface area (Å²) in [7, 11) is 0. The van der Waals surface area contributed by atoms with Gasteiger partial charge in [-0.1, -0.05) is 12.8 Å². The molecule has 126 valence electrons. The second kappa shape index (κ2) is 6.18. The first-order valence-electron chi connectivity index (χ1n) is 8.52. The quantitative estimate of drug-likeness (QED) is 0.914. The van der Waals surface area contributed by atoms with E-state index in [-0.39, 0.29) is 12.1 Å². The maximum atomic E-state index is 12.5. The fourth-order valence-corrected chi connectivity index (χ4v) is 3.72. The Hall–Kier alpha value is -2.51. The fourth-order valence-electron chi connectivity index (χ4n) is 3.72. The molecule has 0 saturated heterocycles. The number of rotatable bonds is 2. The highest BCUT2D eigenvalue weighted by Crippen LogP contribution is 2.35. The van der Waals surface area contributed by atoms with E-state index in [2.05, 4.69) is 30.3 Å². The van der Waals surface area contributed by atoms with Crippen molar-refractivity contribution in [2.24, 2.45) is 0 Å². The van der Waals surface area contributed by atoms with E-state index in [0.29, 0.717) is 18.3 Å². The van der Waals surface area contributed by atoms with Gasteiger partial charge in [0.15, 0.2) is 11.6 Å². The summed E-state index contributed by atoms with van der Waals surface area (Å²) in [6, 6.07) is 3.17. The third-order valence-corrected chi connectivity index (χ3v) is 5.00. The van der Waals surface area contributed by atoms with Gasteiger partial charge in [0.25, 0.3) is 0 Å². The van der Waals surface area contributed by atoms with Crippen LogP contribution in [-0.2, 0) is 6.54 Å². The van der Waals surface area contributed by atoms with Crippen LogP contribution < -0.4 is 5.32 Å². The summed E-state index contributed by atoms with van der Waals surface area (Å²) >= 11 is 0. The highest BCUT2D eigenvalue weighted by Gasteiger charge is 2.33. The topological polar surface area (TPSA) is 88.8 Å². The van der Waals surface area contributed by atoms with Crippen LogP contribution >= 0.6 is 0 Å². The Morgan fingerprint density at radius 2 is 1.96 bits per heavy atom. The molecule has 4 rings (SSSR count). The van der Waals surface area contributed by atoms with E-state index in [4.69, 9.17) is 0 Å². The molecule has 2 amide bonds. The lowest BCUT2D eigenvalue weighted by Crippen LogP contribution is -2.43. The molecule has 1 aliphatic heterocycles. The Labute approximate surface area is 140 Å². The SMILES string of the molecule is CC1c2nnc(C3CCCC3)n2CCN1C(=O)Nc1cccnn1. The minimum Gasteiger partial charge on any atom is -0.313 e. The molecule has 0 radical (unpaired) electrons. The number of fused-ring (bicyclic) bond motifs is 1. The Morgan fingerprint density at radius 3 is 2.71 bits per heavy atom. The number of aromatic nitrogens is 5. The standard InChI is InChI=1S/C16H21N7O/c1-11-14-20-21-15(12-5-2-3-6-12)23(14)10-9-22(11)16(24)18-13-7-4-8-17-19-13/h4,7-8,11-12H,2-3,5-6,9-10H2,1H3,(H,18,19,24). The molecular weight excluding hydrogens is 306 g/mol. The zero-order valence-corrected chi connectivity index (χ0v) is 13.7. The van der Waals surface area contributed by atoms with E-state index < -0.39 is 0 Å². The van der Waals surface area contributed by atoms with Crippen molar-refractivity contribution < 1.29 is 4.79 Å². The molecule has 8 nitrogen and oxygen atoms in total. The molecule has 24 heavy (non-hydrogen) atoms. The van der Waals surface area contributed by atoms with Gasteiger partial charge >= 0.3 is 6.03 Å². The molecule has 0 bridgehead atoms. The van der Waals surface area contributed by atoms with Crippen molar-refractivity contribution in [1.82, 2.24) is 29.9 Å². The molecule has 3 heterocycles. The lowest BCUT2D eigenvalue weighted by molar-refractivity contribution is 0.171. The summed E-state index contributed by atoms with van der Waals surface area (Å²) in [6.45, 7) is 3.37. The van der Waals surface area contributed by atoms with Gasteiger partial charge in [-0.25, -0.2) is 4.79 Å². The number of carbonyl (C=O) groups excluding carboxylic acids is 1. The first-order chi connectivity index (χ1) is 11.7. The molecule has 1 aliphatic carbocycles. The van der Waals surface area contributed by atoms with Crippen LogP contribution in [0.2, 0.25) is 0 Å². The van der Waals surface area contributed by atoms with Gasteiger partial charge < -0.3 is 9.47 Å². The molecule has 1 fully saturated rings.